The van der Waals surface area contributed by atoms with Crippen molar-refractivity contribution >= 4 is 16.7 Å². The zero-order valence-corrected chi connectivity index (χ0v) is 20.3. The summed E-state index contributed by atoms with van der Waals surface area (Å²) < 4.78 is 39.9. The standard InChI is InChI=1S/C27H29F2N3O4/c1-14(17-4-3-5-20-23(17)36-13-27(20,28)29)30-25-19-12-21(26(34)9-6-16(33)7-10-26)24-18(8-11-35-24)22(19)31-15(2)32-25/h3-5,12,14,16,33-34H,6-11,13H2,1-2H3,(H,30,31,32)/t14-,16?,26?/m1/s1. The minimum atomic E-state index is -3.01. The Labute approximate surface area is 207 Å². The summed E-state index contributed by atoms with van der Waals surface area (Å²) in [4.78, 5) is 9.37. The van der Waals surface area contributed by atoms with Gasteiger partial charge in [-0.25, -0.2) is 9.97 Å². The van der Waals surface area contributed by atoms with E-state index in [4.69, 9.17) is 14.5 Å². The van der Waals surface area contributed by atoms with Gasteiger partial charge < -0.3 is 25.0 Å². The maximum atomic E-state index is 14.3. The number of aromatic nitrogens is 2. The van der Waals surface area contributed by atoms with Crippen molar-refractivity contribution in [3.8, 4) is 11.5 Å². The highest BCUT2D eigenvalue weighted by Crippen LogP contribution is 2.48. The van der Waals surface area contributed by atoms with Gasteiger partial charge in [0.1, 0.15) is 23.1 Å². The molecule has 3 aromatic rings. The van der Waals surface area contributed by atoms with Crippen LogP contribution in [-0.4, -0.2) is 39.5 Å². The van der Waals surface area contributed by atoms with Gasteiger partial charge >= 0.3 is 5.92 Å². The molecule has 0 unspecified atom stereocenters. The van der Waals surface area contributed by atoms with Crippen molar-refractivity contribution in [1.82, 2.24) is 9.97 Å². The van der Waals surface area contributed by atoms with Gasteiger partial charge in [-0.15, -0.1) is 0 Å². The van der Waals surface area contributed by atoms with Crippen LogP contribution < -0.4 is 14.8 Å². The van der Waals surface area contributed by atoms with Crippen molar-refractivity contribution in [1.29, 1.82) is 0 Å². The monoisotopic (exact) mass is 497 g/mol. The van der Waals surface area contributed by atoms with Crippen molar-refractivity contribution in [2.75, 3.05) is 18.5 Å². The summed E-state index contributed by atoms with van der Waals surface area (Å²) in [5, 5.41) is 25.8. The molecule has 190 valence electrons. The normalized spacial score (nSPS) is 25.1. The Bertz CT molecular complexity index is 1350. The van der Waals surface area contributed by atoms with Crippen LogP contribution in [0.25, 0.3) is 10.9 Å². The van der Waals surface area contributed by atoms with E-state index in [1.54, 1.807) is 12.1 Å². The predicted octanol–water partition coefficient (Wildman–Crippen LogP) is 4.65. The highest BCUT2D eigenvalue weighted by molar-refractivity contribution is 5.94. The van der Waals surface area contributed by atoms with Crippen LogP contribution in [-0.2, 0) is 17.9 Å². The maximum Gasteiger partial charge on any atom is 0.310 e. The van der Waals surface area contributed by atoms with Crippen LogP contribution in [0.4, 0.5) is 14.6 Å². The molecule has 0 radical (unpaired) electrons. The molecule has 3 aliphatic rings. The molecular formula is C27H29F2N3O4. The van der Waals surface area contributed by atoms with Crippen LogP contribution in [0.1, 0.15) is 66.7 Å². The third-order valence-electron chi connectivity index (χ3n) is 7.69. The second kappa shape index (κ2) is 8.24. The van der Waals surface area contributed by atoms with Crippen LogP contribution in [0.2, 0.25) is 0 Å². The van der Waals surface area contributed by atoms with E-state index in [9.17, 15) is 19.0 Å². The maximum absolute atomic E-state index is 14.3. The number of alkyl halides is 2. The lowest BCUT2D eigenvalue weighted by atomic mass is 9.77. The third-order valence-corrected chi connectivity index (χ3v) is 7.69. The number of hydrogen-bond donors (Lipinski definition) is 3. The van der Waals surface area contributed by atoms with Crippen LogP contribution in [0.5, 0.6) is 11.5 Å². The third kappa shape index (κ3) is 3.67. The summed E-state index contributed by atoms with van der Waals surface area (Å²) in [6.45, 7) is 3.53. The average Bonchev–Trinajstić information content (AvgIpc) is 3.45. The molecule has 1 aromatic heterocycles. The Hall–Kier alpha value is -3.04. The van der Waals surface area contributed by atoms with Crippen LogP contribution in [0, 0.1) is 6.92 Å². The Kier molecular flexibility index (Phi) is 5.35. The van der Waals surface area contributed by atoms with E-state index < -0.39 is 24.2 Å². The Morgan fingerprint density at radius 3 is 2.67 bits per heavy atom. The molecule has 36 heavy (non-hydrogen) atoms. The number of anilines is 1. The molecule has 9 heteroatoms. The molecule has 1 saturated carbocycles. The van der Waals surface area contributed by atoms with Crippen LogP contribution in [0.15, 0.2) is 24.3 Å². The SMILES string of the molecule is Cc1nc(N[C@H](C)c2cccc3c2OCC3(F)F)c2cc(C3(O)CCC(O)CC3)c3c(c2n1)CCO3. The molecule has 3 heterocycles. The Morgan fingerprint density at radius 1 is 1.11 bits per heavy atom. The summed E-state index contributed by atoms with van der Waals surface area (Å²) >= 11 is 0. The number of fused-ring (bicyclic) bond motifs is 4. The number of aliphatic hydroxyl groups excluding tert-OH is 1. The molecule has 1 aliphatic carbocycles. The number of nitrogens with one attached hydrogen (secondary N) is 1. The van der Waals surface area contributed by atoms with E-state index in [2.05, 4.69) is 10.3 Å². The summed E-state index contributed by atoms with van der Waals surface area (Å²) in [7, 11) is 0. The molecule has 7 nitrogen and oxygen atoms in total. The van der Waals surface area contributed by atoms with Gasteiger partial charge in [-0.05, 0) is 51.7 Å². The molecular weight excluding hydrogens is 468 g/mol. The van der Waals surface area contributed by atoms with E-state index in [1.807, 2.05) is 19.9 Å². The van der Waals surface area contributed by atoms with E-state index in [-0.39, 0.29) is 17.4 Å². The smallest absolute Gasteiger partial charge is 0.310 e. The largest absolute Gasteiger partial charge is 0.492 e. The zero-order chi connectivity index (χ0) is 25.2. The first-order valence-corrected chi connectivity index (χ1v) is 12.4. The quantitative estimate of drug-likeness (QED) is 0.483. The van der Waals surface area contributed by atoms with Gasteiger partial charge in [-0.1, -0.05) is 12.1 Å². The first-order valence-electron chi connectivity index (χ1n) is 12.4. The molecule has 3 N–H and O–H groups in total. The fraction of sp³-hybridized carbons (Fsp3) is 0.481. The zero-order valence-electron chi connectivity index (χ0n) is 20.3. The Balaban J connectivity index is 1.45. The fourth-order valence-electron chi connectivity index (χ4n) is 5.75. The summed E-state index contributed by atoms with van der Waals surface area (Å²) in [6, 6.07) is 6.31. The van der Waals surface area contributed by atoms with Gasteiger partial charge in [-0.3, -0.25) is 0 Å². The van der Waals surface area contributed by atoms with Crippen LogP contribution in [0.3, 0.4) is 0 Å². The van der Waals surface area contributed by atoms with Gasteiger partial charge in [0.05, 0.1) is 35.4 Å². The van der Waals surface area contributed by atoms with Crippen LogP contribution >= 0.6 is 0 Å². The van der Waals surface area contributed by atoms with E-state index >= 15 is 0 Å². The molecule has 2 aliphatic heterocycles. The average molecular weight is 498 g/mol. The summed E-state index contributed by atoms with van der Waals surface area (Å²) in [5.74, 6) is -0.998. The highest BCUT2D eigenvalue weighted by atomic mass is 19.3. The molecule has 6 rings (SSSR count). The summed E-state index contributed by atoms with van der Waals surface area (Å²) in [5.41, 5.74) is 1.80. The predicted molar refractivity (Wildman–Crippen MR) is 130 cm³/mol. The number of hydrogen-bond acceptors (Lipinski definition) is 7. The number of rotatable bonds is 4. The second-order valence-electron chi connectivity index (χ2n) is 10.2. The van der Waals surface area contributed by atoms with Crippen molar-refractivity contribution in [2.24, 2.45) is 0 Å². The molecule has 1 fully saturated rings. The number of para-hydroxylation sites is 1. The van der Waals surface area contributed by atoms with Crippen molar-refractivity contribution in [3.05, 3.63) is 52.3 Å². The molecule has 1 atom stereocenters. The van der Waals surface area contributed by atoms with Gasteiger partial charge in [0, 0.05) is 28.5 Å². The molecule has 0 bridgehead atoms. The lowest BCUT2D eigenvalue weighted by Gasteiger charge is -2.35. The number of nitrogens with zero attached hydrogens (tertiary/aromatic N) is 2. The van der Waals surface area contributed by atoms with E-state index in [1.165, 1.54) is 6.07 Å². The number of ether oxygens (including phenoxy) is 2. The van der Waals surface area contributed by atoms with Crippen molar-refractivity contribution in [3.63, 3.8) is 0 Å². The number of halogens is 2. The molecule has 0 spiro atoms. The van der Waals surface area contributed by atoms with Gasteiger partial charge in [0.15, 0.2) is 6.61 Å². The lowest BCUT2D eigenvalue weighted by Crippen LogP contribution is -2.33. The summed E-state index contributed by atoms with van der Waals surface area (Å²) in [6.07, 6.45) is 2.15. The first kappa shape index (κ1) is 23.4. The van der Waals surface area contributed by atoms with E-state index in [0.29, 0.717) is 67.2 Å². The van der Waals surface area contributed by atoms with Crippen molar-refractivity contribution in [2.45, 2.75) is 69.6 Å². The van der Waals surface area contributed by atoms with Crippen molar-refractivity contribution < 1.29 is 28.5 Å². The van der Waals surface area contributed by atoms with Gasteiger partial charge in [-0.2, -0.15) is 8.78 Å². The Morgan fingerprint density at radius 2 is 1.89 bits per heavy atom. The van der Waals surface area contributed by atoms with Gasteiger partial charge in [0.25, 0.3) is 0 Å². The fourth-order valence-corrected chi connectivity index (χ4v) is 5.75. The number of aliphatic hydroxyl groups is 2. The van der Waals surface area contributed by atoms with E-state index in [0.717, 1.165) is 16.5 Å². The highest BCUT2D eigenvalue weighted by Gasteiger charge is 2.43. The van der Waals surface area contributed by atoms with Gasteiger partial charge in [0.2, 0.25) is 0 Å². The topological polar surface area (TPSA) is 96.7 Å². The minimum absolute atomic E-state index is 0.101. The second-order valence-corrected chi connectivity index (χ2v) is 10.2. The lowest BCUT2D eigenvalue weighted by molar-refractivity contribution is -0.0373. The molecule has 0 saturated heterocycles. The molecule has 0 amide bonds. The molecule has 2 aromatic carbocycles. The minimum Gasteiger partial charge on any atom is -0.492 e. The number of aryl methyl sites for hydroxylation is 1. The number of benzene rings is 2. The first-order chi connectivity index (χ1) is 17.2.